The first-order chi connectivity index (χ1) is 10.0. The van der Waals surface area contributed by atoms with Gasteiger partial charge in [-0.1, -0.05) is 18.2 Å². The second-order valence-corrected chi connectivity index (χ2v) is 5.80. The Bertz CT molecular complexity index is 673. The normalized spacial score (nSPS) is 11.8. The van der Waals surface area contributed by atoms with Gasteiger partial charge in [-0.3, -0.25) is 5.32 Å². The molecule has 0 saturated heterocycles. The second-order valence-electron chi connectivity index (χ2n) is 4.15. The van der Waals surface area contributed by atoms with Gasteiger partial charge in [0.25, 0.3) is 10.0 Å². The number of imide groups is 1. The van der Waals surface area contributed by atoms with Gasteiger partial charge in [0.2, 0.25) is 0 Å². The Balaban J connectivity index is 2.99. The van der Waals surface area contributed by atoms with Gasteiger partial charge in [0.1, 0.15) is 0 Å². The van der Waals surface area contributed by atoms with E-state index in [9.17, 15) is 31.2 Å². The lowest BCUT2D eigenvalue weighted by Gasteiger charge is -2.12. The van der Waals surface area contributed by atoms with Crippen LogP contribution in [0.3, 0.4) is 0 Å². The molecule has 0 radical (unpaired) electrons. The van der Waals surface area contributed by atoms with E-state index in [1.165, 1.54) is 28.2 Å². The summed E-state index contributed by atoms with van der Waals surface area (Å²) in [6.45, 7) is 0. The predicted molar refractivity (Wildman–Crippen MR) is 69.3 cm³/mol. The maximum Gasteiger partial charge on any atom is 0.389 e. The van der Waals surface area contributed by atoms with Crippen LogP contribution in [0, 0.1) is 0 Å². The predicted octanol–water partition coefficient (Wildman–Crippen LogP) is 1.25. The van der Waals surface area contributed by atoms with Crippen LogP contribution < -0.4 is 15.8 Å². The maximum atomic E-state index is 12.2. The number of primary amides is 1. The van der Waals surface area contributed by atoms with E-state index < -0.39 is 46.0 Å². The molecule has 0 bridgehead atoms. The van der Waals surface area contributed by atoms with E-state index in [-0.39, 0.29) is 5.56 Å². The smallest absolute Gasteiger partial charge is 0.351 e. The van der Waals surface area contributed by atoms with Crippen molar-refractivity contribution in [3.63, 3.8) is 0 Å². The Kier molecular flexibility index (Phi) is 5.36. The fourth-order valence-corrected chi connectivity index (χ4v) is 2.74. The van der Waals surface area contributed by atoms with Crippen LogP contribution in [-0.2, 0) is 16.4 Å². The SMILES string of the molecule is NC(=O)NC(=O)NS(=O)(=O)[14c]1[14cH][14cH][14cH][14cH][14c]1CCC(F)(F)F. The Morgan fingerprint density at radius 3 is 2.32 bits per heavy atom. The minimum atomic E-state index is -4.45. The molecule has 4 N–H and O–H groups in total. The van der Waals surface area contributed by atoms with Crippen molar-refractivity contribution in [1.29, 1.82) is 0 Å². The first-order valence-corrected chi connectivity index (χ1v) is 7.27. The number of urea groups is 2. The van der Waals surface area contributed by atoms with Crippen LogP contribution in [0.5, 0.6) is 0 Å². The summed E-state index contributed by atoms with van der Waals surface area (Å²) in [7, 11) is -4.44. The van der Waals surface area contributed by atoms with Crippen LogP contribution in [0.1, 0.15) is 12.0 Å². The Labute approximate surface area is 123 Å². The van der Waals surface area contributed by atoms with E-state index in [0.29, 0.717) is 0 Å². The van der Waals surface area contributed by atoms with Gasteiger partial charge in [0.15, 0.2) is 0 Å². The first kappa shape index (κ1) is 17.8. The molecule has 4 amide bonds. The average Bonchev–Trinajstić information content (AvgIpc) is 2.34. The summed E-state index contributed by atoms with van der Waals surface area (Å²) in [5, 5.41) is 1.47. The van der Waals surface area contributed by atoms with Crippen LogP contribution >= 0.6 is 0 Å². The molecule has 0 aliphatic heterocycles. The number of amides is 4. The highest BCUT2D eigenvalue weighted by atomic mass is 32.2. The van der Waals surface area contributed by atoms with E-state index in [1.807, 2.05) is 0 Å². The fraction of sp³-hybridized carbons (Fsp3) is 0.273. The summed E-state index contributed by atoms with van der Waals surface area (Å²) < 4.78 is 62.1. The molecule has 0 aliphatic carbocycles. The number of aryl methyl sites for hydroxylation is 1. The summed E-state index contributed by atoms with van der Waals surface area (Å²) in [5.41, 5.74) is 4.53. The topological polar surface area (TPSA) is 118 Å². The molecule has 1 aromatic rings. The van der Waals surface area contributed by atoms with Crippen molar-refractivity contribution in [3.05, 3.63) is 29.8 Å². The highest BCUT2D eigenvalue weighted by Crippen LogP contribution is 2.24. The Hall–Kier alpha value is -2.30. The summed E-state index contributed by atoms with van der Waals surface area (Å²) in [5.74, 6) is 0. The van der Waals surface area contributed by atoms with Crippen molar-refractivity contribution < 1.29 is 31.2 Å². The van der Waals surface area contributed by atoms with Crippen LogP contribution in [0.15, 0.2) is 29.2 Å². The minimum Gasteiger partial charge on any atom is -0.351 e. The summed E-state index contributed by atoms with van der Waals surface area (Å²) in [6, 6.07) is 2.22. The van der Waals surface area contributed by atoms with Crippen LogP contribution in [-0.4, -0.2) is 26.7 Å². The third-order valence-electron chi connectivity index (χ3n) is 2.40. The number of sulfonamides is 1. The number of benzene rings is 1. The van der Waals surface area contributed by atoms with E-state index in [1.54, 1.807) is 0 Å². The molecule has 122 valence electrons. The quantitative estimate of drug-likeness (QED) is 0.756. The van der Waals surface area contributed by atoms with Gasteiger partial charge < -0.3 is 5.73 Å². The summed E-state index contributed by atoms with van der Waals surface area (Å²) >= 11 is 0. The zero-order chi connectivity index (χ0) is 17.0. The molecule has 0 fully saturated rings. The van der Waals surface area contributed by atoms with Crippen molar-refractivity contribution in [2.75, 3.05) is 0 Å². The number of halogens is 3. The lowest BCUT2D eigenvalue weighted by Crippen LogP contribution is -2.44. The molecule has 0 unspecified atom stereocenters. The van der Waals surface area contributed by atoms with E-state index in [4.69, 9.17) is 0 Å². The van der Waals surface area contributed by atoms with Gasteiger partial charge in [-0.2, -0.15) is 13.2 Å². The highest BCUT2D eigenvalue weighted by Gasteiger charge is 2.28. The van der Waals surface area contributed by atoms with Gasteiger partial charge in [-0.25, -0.2) is 22.7 Å². The van der Waals surface area contributed by atoms with Gasteiger partial charge >= 0.3 is 18.2 Å². The number of carbonyl (C=O) groups is 2. The van der Waals surface area contributed by atoms with Gasteiger partial charge in [0.05, 0.1) is 4.90 Å². The van der Waals surface area contributed by atoms with E-state index >= 15 is 0 Å². The van der Waals surface area contributed by atoms with Crippen molar-refractivity contribution >= 4 is 22.1 Å². The standard InChI is InChI=1S/C11H12F3N3O4S/c12-11(13,14)6-5-7-3-1-2-4-8(7)22(20,21)17-10(19)16-9(15)18/h1-4H,5-6H2,(H4,15,16,17,18,19)/i1+2,2+2,3+2,4+2,7+2,8+2. The third-order valence-corrected chi connectivity index (χ3v) is 3.84. The van der Waals surface area contributed by atoms with Gasteiger partial charge in [-0.15, -0.1) is 0 Å². The molecule has 0 atom stereocenters. The third kappa shape index (κ3) is 5.60. The maximum absolute atomic E-state index is 12.2. The second kappa shape index (κ2) is 6.64. The lowest BCUT2D eigenvalue weighted by atomic mass is 10.4. The molecule has 0 heterocycles. The largest absolute Gasteiger partial charge is 0.389 e. The number of carbonyl (C=O) groups excluding carboxylic acids is 2. The number of hydrogen-bond donors (Lipinski definition) is 3. The Morgan fingerprint density at radius 2 is 1.77 bits per heavy atom. The summed E-state index contributed by atoms with van der Waals surface area (Å²) in [4.78, 5) is 21.1. The monoisotopic (exact) mass is 351 g/mol. The highest BCUT2D eigenvalue weighted by molar-refractivity contribution is 7.90. The Morgan fingerprint density at radius 1 is 1.18 bits per heavy atom. The van der Waals surface area contributed by atoms with Gasteiger partial charge in [-0.05, 0) is 18.1 Å². The minimum absolute atomic E-state index is 0.112. The summed E-state index contributed by atoms with van der Waals surface area (Å²) in [6.07, 6.45) is -6.24. The molecule has 22 heavy (non-hydrogen) atoms. The number of nitrogens with two attached hydrogens (primary N) is 1. The van der Waals surface area contributed by atoms with Crippen molar-refractivity contribution in [1.82, 2.24) is 10.0 Å². The molecule has 7 nitrogen and oxygen atoms in total. The lowest BCUT2D eigenvalue weighted by molar-refractivity contribution is -0.134. The zero-order valence-corrected chi connectivity index (χ0v) is 11.8. The van der Waals surface area contributed by atoms with E-state index in [0.717, 1.165) is 6.07 Å². The molecular formula is C11H12F3N3O4S. The molecule has 1 rings (SSSR count). The number of hydrogen-bond acceptors (Lipinski definition) is 4. The molecule has 0 aliphatic rings. The number of rotatable bonds is 4. The molecule has 0 aromatic heterocycles. The van der Waals surface area contributed by atoms with Crippen molar-refractivity contribution in [3.8, 4) is 0 Å². The van der Waals surface area contributed by atoms with Crippen LogP contribution in [0.4, 0.5) is 22.8 Å². The molecule has 11 heteroatoms. The van der Waals surface area contributed by atoms with Gasteiger partial charge in [0, 0.05) is 6.42 Å². The fourth-order valence-electron chi connectivity index (χ4n) is 1.56. The molecule has 0 spiro atoms. The zero-order valence-electron chi connectivity index (χ0n) is 11.0. The number of alkyl halides is 3. The average molecular weight is 351 g/mol. The van der Waals surface area contributed by atoms with Crippen molar-refractivity contribution in [2.45, 2.75) is 23.9 Å². The van der Waals surface area contributed by atoms with Crippen LogP contribution in [0.2, 0.25) is 0 Å². The molecule has 0 saturated carbocycles. The number of nitrogens with one attached hydrogen (secondary N) is 2. The molecular weight excluding hydrogens is 339 g/mol. The van der Waals surface area contributed by atoms with Crippen LogP contribution in [0.25, 0.3) is 0 Å². The van der Waals surface area contributed by atoms with E-state index in [2.05, 4.69) is 5.73 Å². The first-order valence-electron chi connectivity index (χ1n) is 5.79. The van der Waals surface area contributed by atoms with Crippen molar-refractivity contribution in [2.24, 2.45) is 5.73 Å². The molecule has 1 aromatic carbocycles.